The zero-order valence-electron chi connectivity index (χ0n) is 9.84. The van der Waals surface area contributed by atoms with Gasteiger partial charge < -0.3 is 9.84 Å². The summed E-state index contributed by atoms with van der Waals surface area (Å²) in [6.07, 6.45) is 0.959. The number of aliphatic carboxylic acids is 1. The number of thioether (sulfide) groups is 1. The van der Waals surface area contributed by atoms with Crippen molar-refractivity contribution < 1.29 is 14.6 Å². The number of benzene rings is 1. The lowest BCUT2D eigenvalue weighted by Gasteiger charge is -2.19. The summed E-state index contributed by atoms with van der Waals surface area (Å²) in [6.45, 7) is 0.209. The molecule has 2 rings (SSSR count). The number of ether oxygens (including phenoxy) is 1. The molecule has 2 atom stereocenters. The number of carboxylic acid groups (broad SMARTS) is 1. The van der Waals surface area contributed by atoms with E-state index in [1.165, 1.54) is 0 Å². The van der Waals surface area contributed by atoms with Crippen molar-refractivity contribution in [3.05, 3.63) is 29.3 Å². The highest BCUT2D eigenvalue weighted by Crippen LogP contribution is 2.30. The molecule has 1 N–H and O–H groups in total. The first-order valence-corrected chi connectivity index (χ1v) is 7.39. The number of hydrogen-bond acceptors (Lipinski definition) is 3. The van der Waals surface area contributed by atoms with Gasteiger partial charge in [0.05, 0.1) is 5.92 Å². The lowest BCUT2D eigenvalue weighted by Crippen LogP contribution is -2.29. The lowest BCUT2D eigenvalue weighted by atomic mass is 9.93. The Morgan fingerprint density at radius 3 is 3.06 bits per heavy atom. The van der Waals surface area contributed by atoms with E-state index in [1.807, 2.05) is 11.8 Å². The molecule has 18 heavy (non-hydrogen) atoms. The number of halogens is 1. The summed E-state index contributed by atoms with van der Waals surface area (Å²) < 4.78 is 5.55. The average Bonchev–Trinajstić information content (AvgIpc) is 2.82. The van der Waals surface area contributed by atoms with E-state index in [0.717, 1.165) is 17.9 Å². The Kier molecular flexibility index (Phi) is 4.78. The Balaban J connectivity index is 1.95. The fourth-order valence-electron chi connectivity index (χ4n) is 2.02. The van der Waals surface area contributed by atoms with Gasteiger partial charge in [0, 0.05) is 5.02 Å². The Morgan fingerprint density at radius 1 is 1.61 bits per heavy atom. The van der Waals surface area contributed by atoms with Gasteiger partial charge in [0.25, 0.3) is 0 Å². The molecule has 0 radical (unpaired) electrons. The third-order valence-electron chi connectivity index (χ3n) is 3.08. The van der Waals surface area contributed by atoms with Crippen LogP contribution in [0.25, 0.3) is 0 Å². The maximum Gasteiger partial charge on any atom is 0.310 e. The van der Waals surface area contributed by atoms with E-state index in [0.29, 0.717) is 10.8 Å². The van der Waals surface area contributed by atoms with Gasteiger partial charge in [-0.25, -0.2) is 0 Å². The van der Waals surface area contributed by atoms with E-state index in [1.54, 1.807) is 24.3 Å². The fraction of sp³-hybridized carbons (Fsp3) is 0.462. The molecule has 3 nitrogen and oxygen atoms in total. The van der Waals surface area contributed by atoms with Crippen LogP contribution in [0.1, 0.15) is 6.42 Å². The molecule has 1 aliphatic rings. The maximum atomic E-state index is 11.3. The molecule has 1 aromatic carbocycles. The topological polar surface area (TPSA) is 46.5 Å². The highest BCUT2D eigenvalue weighted by atomic mass is 35.5. The molecular formula is C13H15ClO3S. The van der Waals surface area contributed by atoms with Crippen molar-refractivity contribution in [2.24, 2.45) is 11.8 Å². The largest absolute Gasteiger partial charge is 0.493 e. The number of carboxylic acids is 1. The van der Waals surface area contributed by atoms with E-state index >= 15 is 0 Å². The molecule has 0 aliphatic carbocycles. The van der Waals surface area contributed by atoms with Crippen molar-refractivity contribution in [2.75, 3.05) is 18.1 Å². The smallest absolute Gasteiger partial charge is 0.310 e. The van der Waals surface area contributed by atoms with Crippen molar-refractivity contribution in [1.82, 2.24) is 0 Å². The summed E-state index contributed by atoms with van der Waals surface area (Å²) in [5.74, 6) is 1.59. The van der Waals surface area contributed by atoms with Crippen molar-refractivity contribution in [2.45, 2.75) is 6.42 Å². The molecule has 0 saturated carbocycles. The molecule has 1 saturated heterocycles. The second-order valence-corrected chi connectivity index (χ2v) is 5.92. The second kappa shape index (κ2) is 6.34. The van der Waals surface area contributed by atoms with Crippen LogP contribution in [0.15, 0.2) is 24.3 Å². The van der Waals surface area contributed by atoms with Crippen LogP contribution in [-0.2, 0) is 4.79 Å². The molecule has 98 valence electrons. The number of carbonyl (C=O) groups is 1. The van der Waals surface area contributed by atoms with Gasteiger partial charge in [0.2, 0.25) is 0 Å². The van der Waals surface area contributed by atoms with Crippen molar-refractivity contribution in [1.29, 1.82) is 0 Å². The summed E-state index contributed by atoms with van der Waals surface area (Å²) in [7, 11) is 0. The first-order chi connectivity index (χ1) is 8.66. The summed E-state index contributed by atoms with van der Waals surface area (Å²) >= 11 is 7.66. The quantitative estimate of drug-likeness (QED) is 0.903. The second-order valence-electron chi connectivity index (χ2n) is 4.34. The van der Waals surface area contributed by atoms with Gasteiger partial charge in [-0.3, -0.25) is 4.79 Å². The van der Waals surface area contributed by atoms with Crippen molar-refractivity contribution in [3.8, 4) is 5.75 Å². The third kappa shape index (κ3) is 3.56. The molecule has 1 heterocycles. The number of hydrogen-bond donors (Lipinski definition) is 1. The minimum atomic E-state index is -0.774. The molecule has 0 spiro atoms. The first kappa shape index (κ1) is 13.6. The Bertz CT molecular complexity index is 418. The van der Waals surface area contributed by atoms with Crippen LogP contribution in [0.5, 0.6) is 5.75 Å². The van der Waals surface area contributed by atoms with Gasteiger partial charge in [-0.15, -0.1) is 0 Å². The summed E-state index contributed by atoms with van der Waals surface area (Å²) in [6, 6.07) is 7.04. The SMILES string of the molecule is O=C(O)C(COc1cccc(Cl)c1)C1CCSC1. The maximum absolute atomic E-state index is 11.3. The molecule has 5 heteroatoms. The molecule has 0 bridgehead atoms. The highest BCUT2D eigenvalue weighted by molar-refractivity contribution is 7.99. The van der Waals surface area contributed by atoms with Crippen LogP contribution < -0.4 is 4.74 Å². The van der Waals surface area contributed by atoms with Gasteiger partial charge in [-0.2, -0.15) is 11.8 Å². The van der Waals surface area contributed by atoms with Crippen LogP contribution in [0.3, 0.4) is 0 Å². The highest BCUT2D eigenvalue weighted by Gasteiger charge is 2.31. The summed E-state index contributed by atoms with van der Waals surface area (Å²) in [5.41, 5.74) is 0. The Hall–Kier alpha value is -0.870. The minimum Gasteiger partial charge on any atom is -0.493 e. The molecule has 1 aromatic rings. The van der Waals surface area contributed by atoms with Gasteiger partial charge >= 0.3 is 5.97 Å². The van der Waals surface area contributed by atoms with Crippen molar-refractivity contribution in [3.63, 3.8) is 0 Å². The zero-order valence-corrected chi connectivity index (χ0v) is 11.4. The lowest BCUT2D eigenvalue weighted by molar-refractivity contribution is -0.144. The Morgan fingerprint density at radius 2 is 2.44 bits per heavy atom. The van der Waals surface area contributed by atoms with Crippen molar-refractivity contribution >= 4 is 29.3 Å². The Labute approximate surface area is 115 Å². The monoisotopic (exact) mass is 286 g/mol. The third-order valence-corrected chi connectivity index (χ3v) is 4.50. The van der Waals surface area contributed by atoms with Crippen LogP contribution in [0.2, 0.25) is 5.02 Å². The fourth-order valence-corrected chi connectivity index (χ4v) is 3.54. The van der Waals surface area contributed by atoms with Crippen LogP contribution >= 0.6 is 23.4 Å². The predicted molar refractivity (Wildman–Crippen MR) is 73.5 cm³/mol. The van der Waals surface area contributed by atoms with E-state index in [2.05, 4.69) is 0 Å². The summed E-state index contributed by atoms with van der Waals surface area (Å²) in [5, 5.41) is 9.84. The van der Waals surface area contributed by atoms with Gasteiger partial charge in [-0.05, 0) is 42.0 Å². The molecule has 0 aromatic heterocycles. The average molecular weight is 287 g/mol. The van der Waals surface area contributed by atoms with E-state index in [-0.39, 0.29) is 12.5 Å². The molecule has 1 fully saturated rings. The van der Waals surface area contributed by atoms with Crippen LogP contribution in [-0.4, -0.2) is 29.2 Å². The normalized spacial score (nSPS) is 20.6. The van der Waals surface area contributed by atoms with Gasteiger partial charge in [-0.1, -0.05) is 17.7 Å². The van der Waals surface area contributed by atoms with E-state index < -0.39 is 11.9 Å². The molecule has 2 unspecified atom stereocenters. The van der Waals surface area contributed by atoms with Crippen LogP contribution in [0, 0.1) is 11.8 Å². The van der Waals surface area contributed by atoms with Gasteiger partial charge in [0.15, 0.2) is 0 Å². The zero-order chi connectivity index (χ0) is 13.0. The molecule has 0 amide bonds. The standard InChI is InChI=1S/C13H15ClO3S/c14-10-2-1-3-11(6-10)17-7-12(13(15)16)9-4-5-18-8-9/h1-3,6,9,12H,4-5,7-8H2,(H,15,16). The molecular weight excluding hydrogens is 272 g/mol. The first-order valence-electron chi connectivity index (χ1n) is 5.85. The van der Waals surface area contributed by atoms with E-state index in [9.17, 15) is 9.90 Å². The summed E-state index contributed by atoms with van der Waals surface area (Å²) in [4.78, 5) is 11.3. The van der Waals surface area contributed by atoms with Gasteiger partial charge in [0.1, 0.15) is 12.4 Å². The minimum absolute atomic E-state index is 0.209. The number of rotatable bonds is 5. The van der Waals surface area contributed by atoms with Crippen LogP contribution in [0.4, 0.5) is 0 Å². The van der Waals surface area contributed by atoms with E-state index in [4.69, 9.17) is 16.3 Å². The predicted octanol–water partition coefficient (Wildman–Crippen LogP) is 3.17. The molecule has 1 aliphatic heterocycles.